The quantitative estimate of drug-likeness (QED) is 0.265. The number of ether oxygens (including phenoxy) is 3. The molecule has 0 spiro atoms. The lowest BCUT2D eigenvalue weighted by Crippen LogP contribution is -2.40. The van der Waals surface area contributed by atoms with E-state index in [-0.39, 0.29) is 17.7 Å². The summed E-state index contributed by atoms with van der Waals surface area (Å²) < 4.78 is 24.2. The van der Waals surface area contributed by atoms with Crippen LogP contribution in [0.25, 0.3) is 17.4 Å². The SMILES string of the molecule is CCOC(=O)C1=C(C)N=c2s/c(=C\c3ccc(-c4cc(Cl)ccc4Cl)o3)c(=O)n2[C@@H]1c1ccc(OC)cc1OC. The van der Waals surface area contributed by atoms with E-state index in [9.17, 15) is 9.59 Å². The standard InChI is InChI=1S/C29H24Cl2N2O6S/c1-5-38-28(35)25-15(2)32-29-33(26(25)19-9-7-17(36-3)13-23(19)37-4)27(34)24(40-29)14-18-8-11-22(39-18)20-12-16(30)6-10-21(20)31/h6-14,26H,5H2,1-4H3/b24-14-/t26-/m1/s1. The highest BCUT2D eigenvalue weighted by atomic mass is 35.5. The molecule has 11 heteroatoms. The number of hydrogen-bond acceptors (Lipinski definition) is 8. The minimum absolute atomic E-state index is 0.171. The third kappa shape index (κ3) is 5.08. The van der Waals surface area contributed by atoms with Crippen LogP contribution in [0.5, 0.6) is 11.5 Å². The largest absolute Gasteiger partial charge is 0.497 e. The van der Waals surface area contributed by atoms with E-state index < -0.39 is 12.0 Å². The molecule has 206 valence electrons. The molecule has 3 heterocycles. The molecule has 1 atom stereocenters. The van der Waals surface area contributed by atoms with E-state index in [1.165, 1.54) is 23.0 Å². The number of carbonyl (C=O) groups is 1. The maximum atomic E-state index is 13.9. The van der Waals surface area contributed by atoms with Gasteiger partial charge in [-0.2, -0.15) is 0 Å². The van der Waals surface area contributed by atoms with Gasteiger partial charge in [-0.3, -0.25) is 9.36 Å². The molecular formula is C29H24Cl2N2O6S. The first-order valence-electron chi connectivity index (χ1n) is 12.2. The second kappa shape index (κ2) is 11.4. The van der Waals surface area contributed by atoms with E-state index in [0.717, 1.165) is 0 Å². The average Bonchev–Trinajstić information content (AvgIpc) is 3.53. The Morgan fingerprint density at radius 1 is 1.12 bits per heavy atom. The van der Waals surface area contributed by atoms with Crippen LogP contribution in [-0.4, -0.2) is 31.4 Å². The highest BCUT2D eigenvalue weighted by Crippen LogP contribution is 2.38. The lowest BCUT2D eigenvalue weighted by atomic mass is 9.95. The number of benzene rings is 2. The summed E-state index contributed by atoms with van der Waals surface area (Å²) in [4.78, 5) is 32.1. The Morgan fingerprint density at radius 2 is 1.93 bits per heavy atom. The van der Waals surface area contributed by atoms with Crippen molar-refractivity contribution in [2.75, 3.05) is 20.8 Å². The Hall–Kier alpha value is -3.79. The Bertz CT molecular complexity index is 1840. The number of thiazole rings is 1. The van der Waals surface area contributed by atoms with Crippen LogP contribution in [0, 0.1) is 0 Å². The zero-order chi connectivity index (χ0) is 28.6. The number of methoxy groups -OCH3 is 2. The Kier molecular flexibility index (Phi) is 7.89. The summed E-state index contributed by atoms with van der Waals surface area (Å²) in [6.07, 6.45) is 1.64. The first-order chi connectivity index (χ1) is 19.2. The van der Waals surface area contributed by atoms with Gasteiger partial charge in [0, 0.05) is 28.3 Å². The summed E-state index contributed by atoms with van der Waals surface area (Å²) in [5.74, 6) is 1.41. The Balaban J connectivity index is 1.68. The number of allylic oxidation sites excluding steroid dienone is 1. The molecule has 2 aromatic heterocycles. The van der Waals surface area contributed by atoms with Gasteiger partial charge >= 0.3 is 5.97 Å². The minimum Gasteiger partial charge on any atom is -0.497 e. The number of aromatic nitrogens is 1. The number of esters is 1. The molecule has 0 N–H and O–H groups in total. The molecule has 8 nitrogen and oxygen atoms in total. The first-order valence-corrected chi connectivity index (χ1v) is 13.8. The maximum absolute atomic E-state index is 13.9. The number of furan rings is 1. The van der Waals surface area contributed by atoms with Crippen molar-refractivity contribution in [3.05, 3.63) is 101 Å². The van der Waals surface area contributed by atoms with Crippen LogP contribution in [0.15, 0.2) is 74.0 Å². The smallest absolute Gasteiger partial charge is 0.338 e. The molecule has 0 fully saturated rings. The van der Waals surface area contributed by atoms with Crippen molar-refractivity contribution in [3.63, 3.8) is 0 Å². The fourth-order valence-corrected chi connectivity index (χ4v) is 5.93. The number of hydrogen-bond donors (Lipinski definition) is 0. The van der Waals surface area contributed by atoms with E-state index in [2.05, 4.69) is 4.99 Å². The average molecular weight is 599 g/mol. The van der Waals surface area contributed by atoms with E-state index in [4.69, 9.17) is 41.8 Å². The molecule has 40 heavy (non-hydrogen) atoms. The van der Waals surface area contributed by atoms with Gasteiger partial charge in [-0.1, -0.05) is 34.5 Å². The topological polar surface area (TPSA) is 92.3 Å². The van der Waals surface area contributed by atoms with Crippen LogP contribution in [0.4, 0.5) is 0 Å². The lowest BCUT2D eigenvalue weighted by molar-refractivity contribution is -0.139. The zero-order valence-corrected chi connectivity index (χ0v) is 24.3. The van der Waals surface area contributed by atoms with E-state index in [1.807, 2.05) is 0 Å². The summed E-state index contributed by atoms with van der Waals surface area (Å²) in [6.45, 7) is 3.62. The molecule has 0 saturated heterocycles. The summed E-state index contributed by atoms with van der Waals surface area (Å²) in [5.41, 5.74) is 1.57. The third-order valence-corrected chi connectivity index (χ3v) is 7.89. The zero-order valence-electron chi connectivity index (χ0n) is 22.0. The minimum atomic E-state index is -0.837. The van der Waals surface area contributed by atoms with Gasteiger partial charge in [0.05, 0.1) is 41.7 Å². The predicted molar refractivity (Wildman–Crippen MR) is 154 cm³/mol. The summed E-state index contributed by atoms with van der Waals surface area (Å²) in [5, 5.41) is 1.01. The van der Waals surface area contributed by atoms with Gasteiger partial charge in [0.1, 0.15) is 29.1 Å². The van der Waals surface area contributed by atoms with Crippen LogP contribution in [0.3, 0.4) is 0 Å². The van der Waals surface area contributed by atoms with Crippen molar-refractivity contribution in [2.24, 2.45) is 4.99 Å². The highest BCUT2D eigenvalue weighted by Gasteiger charge is 2.35. The molecule has 0 radical (unpaired) electrons. The van der Waals surface area contributed by atoms with Gasteiger partial charge in [0.25, 0.3) is 5.56 Å². The van der Waals surface area contributed by atoms with Gasteiger partial charge in [0.2, 0.25) is 0 Å². The van der Waals surface area contributed by atoms with Crippen LogP contribution in [0.2, 0.25) is 10.0 Å². The van der Waals surface area contributed by atoms with Gasteiger partial charge in [-0.05, 0) is 56.3 Å². The van der Waals surface area contributed by atoms with Gasteiger partial charge in [-0.25, -0.2) is 9.79 Å². The first kappa shape index (κ1) is 27.8. The van der Waals surface area contributed by atoms with E-state index in [0.29, 0.717) is 59.2 Å². The second-order valence-corrected chi connectivity index (χ2v) is 10.6. The normalized spacial score (nSPS) is 15.1. The molecule has 1 aliphatic heterocycles. The van der Waals surface area contributed by atoms with Crippen molar-refractivity contribution in [1.29, 1.82) is 0 Å². The molecule has 0 saturated carbocycles. The van der Waals surface area contributed by atoms with Crippen LogP contribution in [0.1, 0.15) is 31.2 Å². The molecule has 1 aliphatic rings. The number of rotatable bonds is 7. The van der Waals surface area contributed by atoms with Gasteiger partial charge in [0.15, 0.2) is 4.80 Å². The maximum Gasteiger partial charge on any atom is 0.338 e. The number of halogens is 2. The van der Waals surface area contributed by atoms with Crippen LogP contribution in [-0.2, 0) is 9.53 Å². The summed E-state index contributed by atoms with van der Waals surface area (Å²) in [6, 6.07) is 13.0. The Morgan fingerprint density at radius 3 is 2.65 bits per heavy atom. The number of fused-ring (bicyclic) bond motifs is 1. The van der Waals surface area contributed by atoms with Crippen molar-refractivity contribution < 1.29 is 23.4 Å². The van der Waals surface area contributed by atoms with Gasteiger partial charge in [-0.15, -0.1) is 0 Å². The third-order valence-electron chi connectivity index (χ3n) is 6.35. The molecule has 4 aromatic rings. The lowest BCUT2D eigenvalue weighted by Gasteiger charge is -2.26. The molecule has 0 unspecified atom stereocenters. The van der Waals surface area contributed by atoms with Crippen molar-refractivity contribution in [1.82, 2.24) is 4.57 Å². The van der Waals surface area contributed by atoms with E-state index >= 15 is 0 Å². The summed E-state index contributed by atoms with van der Waals surface area (Å²) in [7, 11) is 3.06. The molecule has 2 aromatic carbocycles. The molecular weight excluding hydrogens is 575 g/mol. The second-order valence-electron chi connectivity index (χ2n) is 8.74. The van der Waals surface area contributed by atoms with Gasteiger partial charge < -0.3 is 18.6 Å². The molecule has 0 bridgehead atoms. The molecule has 0 aliphatic carbocycles. The van der Waals surface area contributed by atoms with Crippen LogP contribution < -0.4 is 24.4 Å². The van der Waals surface area contributed by atoms with Crippen molar-refractivity contribution >= 4 is 46.6 Å². The molecule has 5 rings (SSSR count). The fourth-order valence-electron chi connectivity index (χ4n) is 4.52. The monoisotopic (exact) mass is 598 g/mol. The van der Waals surface area contributed by atoms with Crippen molar-refractivity contribution in [2.45, 2.75) is 19.9 Å². The summed E-state index contributed by atoms with van der Waals surface area (Å²) >= 11 is 13.7. The highest BCUT2D eigenvalue weighted by molar-refractivity contribution is 7.07. The van der Waals surface area contributed by atoms with Crippen LogP contribution >= 0.6 is 34.5 Å². The van der Waals surface area contributed by atoms with E-state index in [1.54, 1.807) is 75.6 Å². The fraction of sp³-hybridized carbons (Fsp3) is 0.207. The molecule has 0 amide bonds. The number of nitrogens with zero attached hydrogens (tertiary/aromatic N) is 2. The predicted octanol–water partition coefficient (Wildman–Crippen LogP) is 5.38. The Labute approximate surface area is 243 Å². The van der Waals surface area contributed by atoms with Crippen molar-refractivity contribution in [3.8, 4) is 22.8 Å². The number of carbonyl (C=O) groups excluding carboxylic acids is 1.